The molecule has 0 unspecified atom stereocenters. The summed E-state index contributed by atoms with van der Waals surface area (Å²) in [5.41, 5.74) is 9.28. The first-order valence-corrected chi connectivity index (χ1v) is 7.51. The van der Waals surface area contributed by atoms with Gasteiger partial charge in [0, 0.05) is 24.3 Å². The summed E-state index contributed by atoms with van der Waals surface area (Å²) < 4.78 is 10.7. The van der Waals surface area contributed by atoms with Crippen molar-refractivity contribution < 1.29 is 14.3 Å². The number of carbonyl (C=O) groups excluding carboxylic acids is 1. The van der Waals surface area contributed by atoms with Crippen LogP contribution in [0, 0.1) is 0 Å². The number of carbonyl (C=O) groups is 1. The average molecular weight is 349 g/mol. The number of fused-ring (bicyclic) bond motifs is 1. The third-order valence-electron chi connectivity index (χ3n) is 4.16. The number of nitrogen functional groups attached to an aromatic ring is 1. The molecule has 2 aromatic rings. The molecular formula is C18H21ClN2O3. The van der Waals surface area contributed by atoms with Crippen LogP contribution < -0.4 is 15.2 Å². The Labute approximate surface area is 147 Å². The van der Waals surface area contributed by atoms with E-state index in [9.17, 15) is 4.79 Å². The molecule has 2 N–H and O–H groups in total. The molecular weight excluding hydrogens is 328 g/mol. The number of amides is 1. The van der Waals surface area contributed by atoms with Crippen molar-refractivity contribution in [3.8, 4) is 11.5 Å². The van der Waals surface area contributed by atoms with E-state index in [-0.39, 0.29) is 18.3 Å². The second kappa shape index (κ2) is 7.45. The van der Waals surface area contributed by atoms with E-state index in [0.717, 1.165) is 17.7 Å². The van der Waals surface area contributed by atoms with Crippen LogP contribution in [-0.2, 0) is 13.0 Å². The van der Waals surface area contributed by atoms with E-state index >= 15 is 0 Å². The Balaban J connectivity index is 0.00000208. The van der Waals surface area contributed by atoms with Gasteiger partial charge in [-0.3, -0.25) is 4.79 Å². The van der Waals surface area contributed by atoms with E-state index < -0.39 is 0 Å². The number of benzene rings is 2. The van der Waals surface area contributed by atoms with E-state index in [1.54, 1.807) is 38.5 Å². The first-order chi connectivity index (χ1) is 11.1. The quantitative estimate of drug-likeness (QED) is 0.866. The fourth-order valence-electron chi connectivity index (χ4n) is 2.86. The van der Waals surface area contributed by atoms with Crippen LogP contribution in [0.4, 0.5) is 5.69 Å². The summed E-state index contributed by atoms with van der Waals surface area (Å²) >= 11 is 0. The number of halogens is 1. The maximum atomic E-state index is 12.6. The third kappa shape index (κ3) is 3.41. The molecule has 0 bridgehead atoms. The normalized spacial score (nSPS) is 12.8. The van der Waals surface area contributed by atoms with E-state index in [0.29, 0.717) is 30.1 Å². The summed E-state index contributed by atoms with van der Waals surface area (Å²) in [6.07, 6.45) is 0.802. The second-order valence-electron chi connectivity index (χ2n) is 5.57. The van der Waals surface area contributed by atoms with E-state index in [4.69, 9.17) is 15.2 Å². The van der Waals surface area contributed by atoms with E-state index in [1.165, 1.54) is 5.56 Å². The highest BCUT2D eigenvalue weighted by molar-refractivity contribution is 5.94. The molecule has 0 saturated carbocycles. The standard InChI is InChI=1S/C18H20N2O3.ClH/c1-22-16-9-13-7-8-20(11-14(13)10-17(16)23-2)18(21)12-3-5-15(19)6-4-12;/h3-6,9-10H,7-8,11,19H2,1-2H3;1H. The van der Waals surface area contributed by atoms with Gasteiger partial charge in [-0.05, 0) is 53.9 Å². The number of rotatable bonds is 3. The monoisotopic (exact) mass is 348 g/mol. The zero-order valence-electron chi connectivity index (χ0n) is 13.7. The second-order valence-corrected chi connectivity index (χ2v) is 5.57. The fourth-order valence-corrected chi connectivity index (χ4v) is 2.86. The highest BCUT2D eigenvalue weighted by Crippen LogP contribution is 2.33. The third-order valence-corrected chi connectivity index (χ3v) is 4.16. The van der Waals surface area contributed by atoms with Crippen molar-refractivity contribution in [1.82, 2.24) is 4.90 Å². The van der Waals surface area contributed by atoms with Crippen molar-refractivity contribution >= 4 is 24.0 Å². The summed E-state index contributed by atoms with van der Waals surface area (Å²) in [6.45, 7) is 1.25. The zero-order valence-corrected chi connectivity index (χ0v) is 14.6. The first-order valence-electron chi connectivity index (χ1n) is 7.51. The van der Waals surface area contributed by atoms with Gasteiger partial charge in [0.2, 0.25) is 0 Å². The lowest BCUT2D eigenvalue weighted by atomic mass is 9.98. The molecule has 2 aromatic carbocycles. The van der Waals surface area contributed by atoms with Crippen molar-refractivity contribution in [2.24, 2.45) is 0 Å². The Morgan fingerprint density at radius 3 is 2.21 bits per heavy atom. The number of methoxy groups -OCH3 is 2. The molecule has 0 spiro atoms. The molecule has 1 aliphatic rings. The van der Waals surface area contributed by atoms with Gasteiger partial charge in [-0.25, -0.2) is 0 Å². The van der Waals surface area contributed by atoms with Gasteiger partial charge in [0.1, 0.15) is 0 Å². The Morgan fingerprint density at radius 2 is 1.62 bits per heavy atom. The van der Waals surface area contributed by atoms with Gasteiger partial charge in [-0.2, -0.15) is 0 Å². The van der Waals surface area contributed by atoms with Gasteiger partial charge in [0.05, 0.1) is 14.2 Å². The molecule has 0 aliphatic carbocycles. The van der Waals surface area contributed by atoms with Crippen molar-refractivity contribution in [1.29, 1.82) is 0 Å². The molecule has 0 saturated heterocycles. The first kappa shape index (κ1) is 17.9. The highest BCUT2D eigenvalue weighted by atomic mass is 35.5. The Bertz CT molecular complexity index is 732. The minimum Gasteiger partial charge on any atom is -0.493 e. The summed E-state index contributed by atoms with van der Waals surface area (Å²) in [6, 6.07) is 11.0. The largest absolute Gasteiger partial charge is 0.493 e. The topological polar surface area (TPSA) is 64.8 Å². The number of nitrogens with zero attached hydrogens (tertiary/aromatic N) is 1. The predicted octanol–water partition coefficient (Wildman–Crippen LogP) is 2.91. The van der Waals surface area contributed by atoms with Crippen LogP contribution in [0.3, 0.4) is 0 Å². The fraction of sp³-hybridized carbons (Fsp3) is 0.278. The maximum absolute atomic E-state index is 12.6. The molecule has 24 heavy (non-hydrogen) atoms. The number of anilines is 1. The number of hydrogen-bond donors (Lipinski definition) is 1. The summed E-state index contributed by atoms with van der Waals surface area (Å²) in [5, 5.41) is 0. The molecule has 0 atom stereocenters. The van der Waals surface area contributed by atoms with Crippen LogP contribution in [0.15, 0.2) is 36.4 Å². The highest BCUT2D eigenvalue weighted by Gasteiger charge is 2.23. The number of nitrogens with two attached hydrogens (primary N) is 1. The predicted molar refractivity (Wildman–Crippen MR) is 96.1 cm³/mol. The molecule has 0 radical (unpaired) electrons. The van der Waals surface area contributed by atoms with Gasteiger partial charge in [0.25, 0.3) is 5.91 Å². The molecule has 0 fully saturated rings. The molecule has 1 heterocycles. The minimum absolute atomic E-state index is 0. The molecule has 0 aromatic heterocycles. The summed E-state index contributed by atoms with van der Waals surface area (Å²) in [5.74, 6) is 1.43. The van der Waals surface area contributed by atoms with E-state index in [2.05, 4.69) is 0 Å². The summed E-state index contributed by atoms with van der Waals surface area (Å²) in [7, 11) is 3.24. The molecule has 5 nitrogen and oxygen atoms in total. The minimum atomic E-state index is 0. The smallest absolute Gasteiger partial charge is 0.254 e. The molecule has 3 rings (SSSR count). The molecule has 1 aliphatic heterocycles. The molecule has 1 amide bonds. The molecule has 6 heteroatoms. The van der Waals surface area contributed by atoms with Crippen molar-refractivity contribution in [2.45, 2.75) is 13.0 Å². The van der Waals surface area contributed by atoms with Gasteiger partial charge in [-0.15, -0.1) is 12.4 Å². The number of ether oxygens (including phenoxy) is 2. The van der Waals surface area contributed by atoms with Crippen LogP contribution in [-0.4, -0.2) is 31.6 Å². The Kier molecular flexibility index (Phi) is 5.57. The van der Waals surface area contributed by atoms with Crippen LogP contribution in [0.1, 0.15) is 21.5 Å². The average Bonchev–Trinajstić information content (AvgIpc) is 2.60. The van der Waals surface area contributed by atoms with Crippen LogP contribution in [0.25, 0.3) is 0 Å². The summed E-state index contributed by atoms with van der Waals surface area (Å²) in [4.78, 5) is 14.5. The van der Waals surface area contributed by atoms with Gasteiger partial charge in [-0.1, -0.05) is 0 Å². The number of hydrogen-bond acceptors (Lipinski definition) is 4. The van der Waals surface area contributed by atoms with Crippen molar-refractivity contribution in [3.05, 3.63) is 53.1 Å². The van der Waals surface area contributed by atoms with E-state index in [1.807, 2.05) is 17.0 Å². The van der Waals surface area contributed by atoms with Gasteiger partial charge >= 0.3 is 0 Å². The molecule has 128 valence electrons. The maximum Gasteiger partial charge on any atom is 0.254 e. The van der Waals surface area contributed by atoms with Crippen LogP contribution in [0.5, 0.6) is 11.5 Å². The lowest BCUT2D eigenvalue weighted by molar-refractivity contribution is 0.0734. The van der Waals surface area contributed by atoms with Gasteiger partial charge in [0.15, 0.2) is 11.5 Å². The SMILES string of the molecule is COc1cc2c(cc1OC)CN(C(=O)c1ccc(N)cc1)CC2.Cl. The Morgan fingerprint density at radius 1 is 1.04 bits per heavy atom. The lowest BCUT2D eigenvalue weighted by Gasteiger charge is -2.29. The zero-order chi connectivity index (χ0) is 16.4. The lowest BCUT2D eigenvalue weighted by Crippen LogP contribution is -2.36. The van der Waals surface area contributed by atoms with Crippen LogP contribution >= 0.6 is 12.4 Å². The van der Waals surface area contributed by atoms with Crippen LogP contribution in [0.2, 0.25) is 0 Å². The Hall–Kier alpha value is -2.40. The van der Waals surface area contributed by atoms with Gasteiger partial charge < -0.3 is 20.1 Å². The van der Waals surface area contributed by atoms with Crippen molar-refractivity contribution in [3.63, 3.8) is 0 Å². The van der Waals surface area contributed by atoms with Crippen molar-refractivity contribution in [2.75, 3.05) is 26.5 Å².